The van der Waals surface area contributed by atoms with E-state index in [9.17, 15) is 28.4 Å². The molecule has 0 aliphatic carbocycles. The van der Waals surface area contributed by atoms with Gasteiger partial charge in [0.15, 0.2) is 0 Å². The average Bonchev–Trinajstić information content (AvgIpc) is 2.16. The normalized spacial score (nSPS) is 15.5. The molecule has 0 aliphatic rings. The standard InChI is InChI=1S/C9H8F3NO3/c10-9(11,12)8(14,6-13(15)16)7-4-2-1-3-5-7/h1-5,14H,6H2/t8-/m1/s1. The van der Waals surface area contributed by atoms with Crippen molar-refractivity contribution in [2.45, 2.75) is 11.8 Å². The number of hydrogen-bond donors (Lipinski definition) is 1. The minimum absolute atomic E-state index is 0.542. The number of nitro groups is 1. The molecule has 0 aliphatic heterocycles. The van der Waals surface area contributed by atoms with E-state index in [4.69, 9.17) is 0 Å². The van der Waals surface area contributed by atoms with E-state index in [-0.39, 0.29) is 0 Å². The fourth-order valence-corrected chi connectivity index (χ4v) is 1.25. The lowest BCUT2D eigenvalue weighted by Crippen LogP contribution is -2.47. The second-order valence-corrected chi connectivity index (χ2v) is 3.21. The van der Waals surface area contributed by atoms with E-state index in [1.165, 1.54) is 18.2 Å². The molecule has 1 aromatic carbocycles. The Bertz CT molecular complexity index is 379. The fourth-order valence-electron chi connectivity index (χ4n) is 1.25. The van der Waals surface area contributed by atoms with Gasteiger partial charge in [-0.3, -0.25) is 10.1 Å². The summed E-state index contributed by atoms with van der Waals surface area (Å²) >= 11 is 0. The van der Waals surface area contributed by atoms with Crippen molar-refractivity contribution in [2.24, 2.45) is 0 Å². The van der Waals surface area contributed by atoms with Crippen LogP contribution in [-0.2, 0) is 5.60 Å². The molecule has 0 unspecified atom stereocenters. The first-order valence-electron chi connectivity index (χ1n) is 4.24. The van der Waals surface area contributed by atoms with Crippen LogP contribution in [0.4, 0.5) is 13.2 Å². The molecule has 0 fully saturated rings. The summed E-state index contributed by atoms with van der Waals surface area (Å²) < 4.78 is 37.8. The molecule has 1 atom stereocenters. The van der Waals surface area contributed by atoms with Gasteiger partial charge in [-0.25, -0.2) is 0 Å². The second-order valence-electron chi connectivity index (χ2n) is 3.21. The van der Waals surface area contributed by atoms with Crippen molar-refractivity contribution >= 4 is 0 Å². The Hall–Kier alpha value is -1.63. The molecule has 0 saturated heterocycles. The van der Waals surface area contributed by atoms with Gasteiger partial charge < -0.3 is 5.11 Å². The average molecular weight is 235 g/mol. The highest BCUT2D eigenvalue weighted by atomic mass is 19.4. The van der Waals surface area contributed by atoms with Gasteiger partial charge in [-0.05, 0) is 5.56 Å². The highest BCUT2D eigenvalue weighted by molar-refractivity contribution is 5.24. The van der Waals surface area contributed by atoms with Gasteiger partial charge in [0.1, 0.15) is 0 Å². The van der Waals surface area contributed by atoms with E-state index in [0.29, 0.717) is 0 Å². The van der Waals surface area contributed by atoms with Crippen LogP contribution >= 0.6 is 0 Å². The molecule has 0 saturated carbocycles. The molecule has 16 heavy (non-hydrogen) atoms. The topological polar surface area (TPSA) is 63.4 Å². The SMILES string of the molecule is O=[N+]([O-])C[C@@](O)(c1ccccc1)C(F)(F)F. The van der Waals surface area contributed by atoms with Crippen LogP contribution in [0.25, 0.3) is 0 Å². The Morgan fingerprint density at radius 3 is 2.12 bits per heavy atom. The summed E-state index contributed by atoms with van der Waals surface area (Å²) in [5, 5.41) is 19.6. The van der Waals surface area contributed by atoms with Crippen LogP contribution in [0.5, 0.6) is 0 Å². The van der Waals surface area contributed by atoms with Crippen molar-refractivity contribution in [3.8, 4) is 0 Å². The molecule has 0 bridgehead atoms. The van der Waals surface area contributed by atoms with Crippen LogP contribution in [0.1, 0.15) is 5.56 Å². The third-order valence-electron chi connectivity index (χ3n) is 2.08. The molecule has 7 heteroatoms. The minimum Gasteiger partial charge on any atom is -0.371 e. The predicted molar refractivity (Wildman–Crippen MR) is 48.3 cm³/mol. The van der Waals surface area contributed by atoms with E-state index in [0.717, 1.165) is 12.1 Å². The van der Waals surface area contributed by atoms with Gasteiger partial charge in [0.25, 0.3) is 5.60 Å². The molecule has 0 spiro atoms. The molecule has 1 N–H and O–H groups in total. The number of hydrogen-bond acceptors (Lipinski definition) is 3. The number of halogens is 3. The van der Waals surface area contributed by atoms with Crippen molar-refractivity contribution in [2.75, 3.05) is 6.54 Å². The number of nitrogens with zero attached hydrogens (tertiary/aromatic N) is 1. The summed E-state index contributed by atoms with van der Waals surface area (Å²) in [7, 11) is 0. The van der Waals surface area contributed by atoms with Crippen LogP contribution in [0.15, 0.2) is 30.3 Å². The summed E-state index contributed by atoms with van der Waals surface area (Å²) in [5.41, 5.74) is -3.99. The third kappa shape index (κ3) is 2.30. The van der Waals surface area contributed by atoms with Crippen LogP contribution in [-0.4, -0.2) is 22.8 Å². The Labute approximate surface area is 88.5 Å². The van der Waals surface area contributed by atoms with Crippen LogP contribution in [0, 0.1) is 10.1 Å². The van der Waals surface area contributed by atoms with Gasteiger partial charge in [-0.1, -0.05) is 30.3 Å². The first kappa shape index (κ1) is 12.4. The first-order valence-corrected chi connectivity index (χ1v) is 4.24. The van der Waals surface area contributed by atoms with Crippen LogP contribution in [0.2, 0.25) is 0 Å². The van der Waals surface area contributed by atoms with Gasteiger partial charge in [0.05, 0.1) is 0 Å². The van der Waals surface area contributed by atoms with Gasteiger partial charge in [-0.15, -0.1) is 0 Å². The number of alkyl halides is 3. The molecule has 0 heterocycles. The zero-order valence-electron chi connectivity index (χ0n) is 7.94. The summed E-state index contributed by atoms with van der Waals surface area (Å²) in [4.78, 5) is 8.99. The number of rotatable bonds is 3. The minimum atomic E-state index is -5.10. The number of aliphatic hydroxyl groups is 1. The lowest BCUT2D eigenvalue weighted by atomic mass is 9.93. The lowest BCUT2D eigenvalue weighted by Gasteiger charge is -2.26. The Morgan fingerprint density at radius 1 is 1.25 bits per heavy atom. The van der Waals surface area contributed by atoms with Crippen molar-refractivity contribution in [1.82, 2.24) is 0 Å². The predicted octanol–water partition coefficient (Wildman–Crippen LogP) is 1.71. The Balaban J connectivity index is 3.21. The summed E-state index contributed by atoms with van der Waals surface area (Å²) in [5.74, 6) is 0. The van der Waals surface area contributed by atoms with E-state index >= 15 is 0 Å². The molecular formula is C9H8F3NO3. The van der Waals surface area contributed by atoms with E-state index in [2.05, 4.69) is 0 Å². The first-order chi connectivity index (χ1) is 7.27. The van der Waals surface area contributed by atoms with Gasteiger partial charge in [0.2, 0.25) is 6.54 Å². The maximum absolute atomic E-state index is 12.6. The molecule has 0 amide bonds. The fraction of sp³-hybridized carbons (Fsp3) is 0.333. The van der Waals surface area contributed by atoms with E-state index in [1.54, 1.807) is 0 Å². The van der Waals surface area contributed by atoms with Crippen molar-refractivity contribution in [3.63, 3.8) is 0 Å². The smallest absolute Gasteiger partial charge is 0.371 e. The maximum Gasteiger partial charge on any atom is 0.428 e. The monoisotopic (exact) mass is 235 g/mol. The molecule has 1 rings (SSSR count). The molecule has 88 valence electrons. The van der Waals surface area contributed by atoms with E-state index < -0.39 is 28.8 Å². The molecule has 0 aromatic heterocycles. The van der Waals surface area contributed by atoms with Crippen LogP contribution in [0.3, 0.4) is 0 Å². The largest absolute Gasteiger partial charge is 0.428 e. The van der Waals surface area contributed by atoms with Gasteiger partial charge in [0, 0.05) is 4.92 Å². The number of benzene rings is 1. The molecular weight excluding hydrogens is 227 g/mol. The zero-order chi connectivity index (χ0) is 12.4. The van der Waals surface area contributed by atoms with Gasteiger partial charge in [-0.2, -0.15) is 13.2 Å². The Morgan fingerprint density at radius 2 is 1.75 bits per heavy atom. The zero-order valence-corrected chi connectivity index (χ0v) is 7.94. The summed E-state index contributed by atoms with van der Waals surface area (Å²) in [6, 6.07) is 5.98. The van der Waals surface area contributed by atoms with Crippen molar-refractivity contribution < 1.29 is 23.2 Å². The van der Waals surface area contributed by atoms with Crippen molar-refractivity contribution in [1.29, 1.82) is 0 Å². The summed E-state index contributed by atoms with van der Waals surface area (Å²) in [6.45, 7) is -1.61. The third-order valence-corrected chi connectivity index (χ3v) is 2.08. The molecule has 4 nitrogen and oxygen atoms in total. The van der Waals surface area contributed by atoms with Crippen LogP contribution < -0.4 is 0 Å². The summed E-state index contributed by atoms with van der Waals surface area (Å²) in [6.07, 6.45) is -5.10. The second kappa shape index (κ2) is 4.09. The highest BCUT2D eigenvalue weighted by Crippen LogP contribution is 2.38. The molecule has 1 aromatic rings. The highest BCUT2D eigenvalue weighted by Gasteiger charge is 2.58. The molecule has 0 radical (unpaired) electrons. The quantitative estimate of drug-likeness (QED) is 0.640. The Kier molecular flexibility index (Phi) is 3.18. The maximum atomic E-state index is 12.6. The van der Waals surface area contributed by atoms with Gasteiger partial charge >= 0.3 is 6.18 Å². The van der Waals surface area contributed by atoms with E-state index in [1.807, 2.05) is 0 Å². The van der Waals surface area contributed by atoms with Crippen molar-refractivity contribution in [3.05, 3.63) is 46.0 Å². The lowest BCUT2D eigenvalue weighted by molar-refractivity contribution is -0.519.